The van der Waals surface area contributed by atoms with Gasteiger partial charge in [-0.2, -0.15) is 0 Å². The first-order chi connectivity index (χ1) is 7.38. The quantitative estimate of drug-likeness (QED) is 0.558. The zero-order chi connectivity index (χ0) is 12.3. The normalized spacial score (nSPS) is 21.4. The summed E-state index contributed by atoms with van der Waals surface area (Å²) in [6, 6.07) is -0.328. The molecule has 1 atom stereocenters. The van der Waals surface area contributed by atoms with Crippen LogP contribution in [0.2, 0.25) is 19.6 Å². The van der Waals surface area contributed by atoms with Crippen molar-refractivity contribution in [3.05, 3.63) is 0 Å². The zero-order valence-electron chi connectivity index (χ0n) is 10.6. The third-order valence-electron chi connectivity index (χ3n) is 2.66. The number of esters is 1. The summed E-state index contributed by atoms with van der Waals surface area (Å²) in [5.41, 5.74) is 0. The van der Waals surface area contributed by atoms with E-state index in [1.165, 1.54) is 0 Å². The maximum absolute atomic E-state index is 11.8. The lowest BCUT2D eigenvalue weighted by Crippen LogP contribution is -2.53. The average molecular weight is 243 g/mol. The van der Waals surface area contributed by atoms with Gasteiger partial charge in [0.15, 0.2) is 8.24 Å². The van der Waals surface area contributed by atoms with Gasteiger partial charge in [-0.15, -0.1) is 0 Å². The molecule has 1 aliphatic heterocycles. The molecular formula is C11H21NO3Si. The predicted molar refractivity (Wildman–Crippen MR) is 64.5 cm³/mol. The Morgan fingerprint density at radius 3 is 2.62 bits per heavy atom. The van der Waals surface area contributed by atoms with Crippen molar-refractivity contribution < 1.29 is 14.3 Å². The number of hydrogen-bond donors (Lipinski definition) is 0. The molecule has 1 aliphatic rings. The number of ether oxygens (including phenoxy) is 1. The van der Waals surface area contributed by atoms with E-state index in [4.69, 9.17) is 4.74 Å². The molecule has 1 amide bonds. The van der Waals surface area contributed by atoms with Crippen LogP contribution in [0.25, 0.3) is 0 Å². The van der Waals surface area contributed by atoms with E-state index in [2.05, 4.69) is 19.6 Å². The summed E-state index contributed by atoms with van der Waals surface area (Å²) in [6.07, 6.45) is 1.92. The van der Waals surface area contributed by atoms with Crippen molar-refractivity contribution in [1.29, 1.82) is 0 Å². The van der Waals surface area contributed by atoms with Crippen LogP contribution in [-0.2, 0) is 14.3 Å². The largest absolute Gasteiger partial charge is 0.464 e. The topological polar surface area (TPSA) is 46.6 Å². The summed E-state index contributed by atoms with van der Waals surface area (Å²) in [5, 5.41) is 0. The molecule has 1 unspecified atom stereocenters. The minimum Gasteiger partial charge on any atom is -0.464 e. The van der Waals surface area contributed by atoms with Gasteiger partial charge in [0.25, 0.3) is 0 Å². The van der Waals surface area contributed by atoms with Gasteiger partial charge in [0.1, 0.15) is 6.04 Å². The third kappa shape index (κ3) is 2.84. The second-order valence-electron chi connectivity index (χ2n) is 5.16. The van der Waals surface area contributed by atoms with Crippen molar-refractivity contribution >= 4 is 20.1 Å². The fourth-order valence-corrected chi connectivity index (χ4v) is 4.08. The Kier molecular flexibility index (Phi) is 4.13. The van der Waals surface area contributed by atoms with Gasteiger partial charge in [-0.05, 0) is 12.8 Å². The first-order valence-electron chi connectivity index (χ1n) is 5.86. The van der Waals surface area contributed by atoms with Crippen LogP contribution >= 0.6 is 0 Å². The van der Waals surface area contributed by atoms with Gasteiger partial charge in [-0.3, -0.25) is 4.79 Å². The van der Waals surface area contributed by atoms with Crippen LogP contribution in [0.5, 0.6) is 0 Å². The highest BCUT2D eigenvalue weighted by molar-refractivity contribution is 6.75. The lowest BCUT2D eigenvalue weighted by atomic mass is 10.2. The number of amides is 1. The Morgan fingerprint density at radius 1 is 1.50 bits per heavy atom. The molecule has 0 bridgehead atoms. The third-order valence-corrected chi connectivity index (χ3v) is 4.66. The summed E-state index contributed by atoms with van der Waals surface area (Å²) >= 11 is 0. The first-order valence-corrected chi connectivity index (χ1v) is 9.31. The molecular weight excluding hydrogens is 222 g/mol. The summed E-state index contributed by atoms with van der Waals surface area (Å²) < 4.78 is 6.93. The molecule has 16 heavy (non-hydrogen) atoms. The van der Waals surface area contributed by atoms with Crippen molar-refractivity contribution in [2.75, 3.05) is 6.61 Å². The SMILES string of the molecule is CCCOC(=O)C1CCC(=O)N1[Si](C)(C)C. The Hall–Kier alpha value is -0.843. The van der Waals surface area contributed by atoms with Gasteiger partial charge >= 0.3 is 5.97 Å². The minimum absolute atomic E-state index is 0.109. The molecule has 0 aliphatic carbocycles. The van der Waals surface area contributed by atoms with E-state index in [-0.39, 0.29) is 17.9 Å². The number of hydrogen-bond acceptors (Lipinski definition) is 3. The van der Waals surface area contributed by atoms with Crippen LogP contribution in [0.1, 0.15) is 26.2 Å². The fourth-order valence-electron chi connectivity index (χ4n) is 2.05. The number of nitrogens with zero attached hydrogens (tertiary/aromatic N) is 1. The van der Waals surface area contributed by atoms with Crippen LogP contribution in [0, 0.1) is 0 Å². The van der Waals surface area contributed by atoms with E-state index in [1.54, 1.807) is 4.57 Å². The molecule has 1 rings (SSSR count). The Balaban J connectivity index is 2.72. The van der Waals surface area contributed by atoms with Crippen molar-refractivity contribution in [1.82, 2.24) is 4.57 Å². The van der Waals surface area contributed by atoms with Crippen LogP contribution in [0.4, 0.5) is 0 Å². The van der Waals surface area contributed by atoms with Crippen LogP contribution < -0.4 is 0 Å². The maximum atomic E-state index is 11.8. The van der Waals surface area contributed by atoms with E-state index in [1.807, 2.05) is 6.92 Å². The van der Waals surface area contributed by atoms with E-state index in [9.17, 15) is 9.59 Å². The number of carbonyl (C=O) groups excluding carboxylic acids is 2. The molecule has 5 heteroatoms. The lowest BCUT2D eigenvalue weighted by molar-refractivity contribution is -0.149. The summed E-state index contributed by atoms with van der Waals surface area (Å²) in [4.78, 5) is 23.6. The zero-order valence-corrected chi connectivity index (χ0v) is 11.6. The van der Waals surface area contributed by atoms with Gasteiger partial charge in [0.2, 0.25) is 5.91 Å². The molecule has 0 N–H and O–H groups in total. The van der Waals surface area contributed by atoms with Gasteiger partial charge in [-0.1, -0.05) is 26.6 Å². The standard InChI is InChI=1S/C11H21NO3Si/c1-5-8-15-11(14)9-6-7-10(13)12(9)16(2,3)4/h9H,5-8H2,1-4H3. The van der Waals surface area contributed by atoms with E-state index < -0.39 is 8.24 Å². The fraction of sp³-hybridized carbons (Fsp3) is 0.818. The Labute approximate surface area is 98.0 Å². The Bertz CT molecular complexity index is 285. The molecule has 1 heterocycles. The predicted octanol–water partition coefficient (Wildman–Crippen LogP) is 1.77. The second-order valence-corrected chi connectivity index (χ2v) is 9.98. The molecule has 0 aromatic carbocycles. The van der Waals surface area contributed by atoms with Gasteiger partial charge in [-0.25, -0.2) is 4.79 Å². The second kappa shape index (κ2) is 4.99. The van der Waals surface area contributed by atoms with Crippen LogP contribution in [-0.4, -0.2) is 37.3 Å². The molecule has 1 fully saturated rings. The van der Waals surface area contributed by atoms with Crippen molar-refractivity contribution in [2.45, 2.75) is 51.9 Å². The minimum atomic E-state index is -1.77. The Morgan fingerprint density at radius 2 is 2.12 bits per heavy atom. The highest BCUT2D eigenvalue weighted by Crippen LogP contribution is 2.26. The van der Waals surface area contributed by atoms with Crippen LogP contribution in [0.15, 0.2) is 0 Å². The molecule has 0 aromatic heterocycles. The van der Waals surface area contributed by atoms with Crippen molar-refractivity contribution in [3.8, 4) is 0 Å². The maximum Gasteiger partial charge on any atom is 0.328 e. The molecule has 0 radical (unpaired) electrons. The molecule has 92 valence electrons. The van der Waals surface area contributed by atoms with Crippen LogP contribution in [0.3, 0.4) is 0 Å². The molecule has 1 saturated heterocycles. The van der Waals surface area contributed by atoms with E-state index in [0.717, 1.165) is 6.42 Å². The molecule has 0 spiro atoms. The highest BCUT2D eigenvalue weighted by atomic mass is 28.3. The highest BCUT2D eigenvalue weighted by Gasteiger charge is 2.43. The molecule has 0 aromatic rings. The number of carbonyl (C=O) groups is 2. The van der Waals surface area contributed by atoms with Crippen molar-refractivity contribution in [3.63, 3.8) is 0 Å². The lowest BCUT2D eigenvalue weighted by Gasteiger charge is -2.34. The van der Waals surface area contributed by atoms with Gasteiger partial charge in [0, 0.05) is 6.42 Å². The summed E-state index contributed by atoms with van der Waals surface area (Å²) in [5.74, 6) is -0.118. The average Bonchev–Trinajstić information content (AvgIpc) is 2.56. The number of rotatable bonds is 4. The first kappa shape index (κ1) is 13.2. The van der Waals surface area contributed by atoms with Gasteiger partial charge < -0.3 is 9.30 Å². The monoisotopic (exact) mass is 243 g/mol. The van der Waals surface area contributed by atoms with E-state index >= 15 is 0 Å². The van der Waals surface area contributed by atoms with E-state index in [0.29, 0.717) is 19.4 Å². The van der Waals surface area contributed by atoms with Crippen molar-refractivity contribution in [2.24, 2.45) is 0 Å². The summed E-state index contributed by atoms with van der Waals surface area (Å²) in [7, 11) is -1.77. The summed E-state index contributed by atoms with van der Waals surface area (Å²) in [6.45, 7) is 8.65. The van der Waals surface area contributed by atoms with Gasteiger partial charge in [0.05, 0.1) is 6.61 Å². The molecule has 0 saturated carbocycles. The molecule has 4 nitrogen and oxygen atoms in total. The smallest absolute Gasteiger partial charge is 0.328 e.